The molecule has 0 unspecified atom stereocenters. The molecule has 0 fully saturated rings. The number of nitrogens with zero attached hydrogens (tertiary/aromatic N) is 3. The Morgan fingerprint density at radius 3 is 2.12 bits per heavy atom. The zero-order valence-electron chi connectivity index (χ0n) is 16.8. The van der Waals surface area contributed by atoms with Gasteiger partial charge < -0.3 is 5.32 Å². The fourth-order valence-electron chi connectivity index (χ4n) is 2.93. The van der Waals surface area contributed by atoms with Gasteiger partial charge in [0, 0.05) is 16.1 Å². The smallest absolute Gasteiger partial charge is 0.294 e. The average Bonchev–Trinajstić information content (AvgIpc) is 3.14. The van der Waals surface area contributed by atoms with E-state index in [1.807, 2.05) is 0 Å². The van der Waals surface area contributed by atoms with E-state index in [2.05, 4.69) is 20.6 Å². The Bertz CT molecular complexity index is 1410. The fourth-order valence-corrected chi connectivity index (χ4v) is 3.38. The second-order valence-corrected chi connectivity index (χ2v) is 7.60. The number of hydrogen-bond donors (Lipinski definition) is 2. The van der Waals surface area contributed by atoms with Gasteiger partial charge in [-0.05, 0) is 42.5 Å². The van der Waals surface area contributed by atoms with Crippen molar-refractivity contribution in [2.75, 3.05) is 5.32 Å². The van der Waals surface area contributed by atoms with Crippen LogP contribution in [0.2, 0.25) is 10.0 Å². The molecule has 1 aromatic heterocycles. The van der Waals surface area contributed by atoms with Crippen LogP contribution < -0.4 is 10.9 Å². The lowest BCUT2D eigenvalue weighted by Crippen LogP contribution is -2.21. The van der Waals surface area contributed by atoms with Gasteiger partial charge in [-0.2, -0.15) is 4.68 Å². The van der Waals surface area contributed by atoms with Gasteiger partial charge in [-0.25, -0.2) is 0 Å². The summed E-state index contributed by atoms with van der Waals surface area (Å²) in [5, 5.41) is 13.6. The quantitative estimate of drug-likeness (QED) is 0.350. The summed E-state index contributed by atoms with van der Waals surface area (Å²) in [6.07, 6.45) is 0. The van der Waals surface area contributed by atoms with Gasteiger partial charge in [-0.3, -0.25) is 19.5 Å². The molecule has 0 bridgehead atoms. The van der Waals surface area contributed by atoms with Crippen molar-refractivity contribution in [3.63, 3.8) is 0 Å². The maximum Gasteiger partial charge on any atom is 0.294 e. The molecular weight excluding hydrogens is 465 g/mol. The van der Waals surface area contributed by atoms with Crippen LogP contribution in [0.5, 0.6) is 0 Å². The highest BCUT2D eigenvalue weighted by atomic mass is 35.5. The van der Waals surface area contributed by atoms with Crippen molar-refractivity contribution in [2.24, 2.45) is 10.2 Å². The number of rotatable bonds is 5. The van der Waals surface area contributed by atoms with Gasteiger partial charge in [-0.1, -0.05) is 59.6 Å². The number of azo groups is 1. The molecule has 1 amide bonds. The summed E-state index contributed by atoms with van der Waals surface area (Å²) in [5.74, 6) is -1.26. The van der Waals surface area contributed by atoms with Crippen LogP contribution >= 0.6 is 23.2 Å². The molecule has 0 spiro atoms. The molecular formula is C23H15Cl2N5O3. The number of halogens is 2. The van der Waals surface area contributed by atoms with Gasteiger partial charge in [0.15, 0.2) is 11.5 Å². The van der Waals surface area contributed by atoms with E-state index in [-0.39, 0.29) is 22.2 Å². The minimum atomic E-state index is -0.725. The molecule has 0 saturated carbocycles. The zero-order valence-corrected chi connectivity index (χ0v) is 18.3. The molecule has 0 aliphatic carbocycles. The first-order valence-corrected chi connectivity index (χ1v) is 10.4. The number of anilines is 1. The summed E-state index contributed by atoms with van der Waals surface area (Å²) in [7, 11) is 0. The second kappa shape index (κ2) is 9.64. The molecule has 4 aromatic rings. The predicted octanol–water partition coefficient (Wildman–Crippen LogP) is 5.84. The minimum absolute atomic E-state index is 0.156. The standard InChI is InChI=1S/C23H15Cl2N5O3/c24-16-11-12-18(17(25)13-16)27-28-19-20(26-21(31)14-7-3-1-4-8-14)30(29-22(19)32)23(33)15-9-5-2-6-10-15/h1-13H,(H,26,31)(H,29,32). The van der Waals surface area contributed by atoms with Crippen molar-refractivity contribution >= 4 is 52.2 Å². The molecule has 4 rings (SSSR count). The molecule has 0 atom stereocenters. The number of nitrogens with one attached hydrogen (secondary N) is 2. The van der Waals surface area contributed by atoms with Crippen molar-refractivity contribution in [1.82, 2.24) is 9.78 Å². The Balaban J connectivity index is 1.79. The van der Waals surface area contributed by atoms with E-state index in [1.165, 1.54) is 12.1 Å². The van der Waals surface area contributed by atoms with Crippen LogP contribution in [0.25, 0.3) is 0 Å². The minimum Gasteiger partial charge on any atom is -0.304 e. The number of H-pyrrole nitrogens is 1. The zero-order chi connectivity index (χ0) is 23.4. The maximum atomic E-state index is 13.0. The van der Waals surface area contributed by atoms with Gasteiger partial charge in [0.2, 0.25) is 0 Å². The summed E-state index contributed by atoms with van der Waals surface area (Å²) in [5.41, 5.74) is -0.120. The molecule has 164 valence electrons. The third kappa shape index (κ3) is 4.92. The van der Waals surface area contributed by atoms with E-state index in [1.54, 1.807) is 66.7 Å². The Morgan fingerprint density at radius 1 is 0.848 bits per heavy atom. The molecule has 0 radical (unpaired) electrons. The average molecular weight is 480 g/mol. The Kier molecular flexibility index (Phi) is 6.48. The van der Waals surface area contributed by atoms with Crippen LogP contribution in [-0.4, -0.2) is 21.6 Å². The number of amides is 1. The molecule has 0 saturated heterocycles. The number of aromatic amines is 1. The molecule has 2 N–H and O–H groups in total. The third-order valence-corrected chi connectivity index (χ3v) is 5.07. The van der Waals surface area contributed by atoms with Gasteiger partial charge >= 0.3 is 0 Å². The third-order valence-electron chi connectivity index (χ3n) is 4.54. The summed E-state index contributed by atoms with van der Waals surface area (Å²) in [6, 6.07) is 21.2. The Hall–Kier alpha value is -4.01. The molecule has 1 heterocycles. The van der Waals surface area contributed by atoms with Crippen LogP contribution in [0.4, 0.5) is 17.2 Å². The van der Waals surface area contributed by atoms with Crippen LogP contribution in [0.1, 0.15) is 20.7 Å². The van der Waals surface area contributed by atoms with Gasteiger partial charge in [-0.15, -0.1) is 10.2 Å². The van der Waals surface area contributed by atoms with Crippen molar-refractivity contribution in [3.8, 4) is 0 Å². The molecule has 0 aliphatic rings. The second-order valence-electron chi connectivity index (χ2n) is 6.76. The number of carbonyl (C=O) groups excluding carboxylic acids is 2. The molecule has 10 heteroatoms. The lowest BCUT2D eigenvalue weighted by Gasteiger charge is -2.09. The largest absolute Gasteiger partial charge is 0.304 e. The van der Waals surface area contributed by atoms with E-state index in [4.69, 9.17) is 23.2 Å². The maximum absolute atomic E-state index is 13.0. The summed E-state index contributed by atoms with van der Waals surface area (Å²) < 4.78 is 0.927. The van der Waals surface area contributed by atoms with Gasteiger partial charge in [0.25, 0.3) is 17.4 Å². The lowest BCUT2D eigenvalue weighted by atomic mass is 10.2. The number of hydrogen-bond acceptors (Lipinski definition) is 5. The Morgan fingerprint density at radius 2 is 1.48 bits per heavy atom. The van der Waals surface area contributed by atoms with Gasteiger partial charge in [0.1, 0.15) is 5.69 Å². The fraction of sp³-hybridized carbons (Fsp3) is 0. The molecule has 0 aliphatic heterocycles. The summed E-state index contributed by atoms with van der Waals surface area (Å²) in [6.45, 7) is 0. The summed E-state index contributed by atoms with van der Waals surface area (Å²) in [4.78, 5) is 38.5. The summed E-state index contributed by atoms with van der Waals surface area (Å²) >= 11 is 12.0. The number of carbonyl (C=O) groups is 2. The monoisotopic (exact) mass is 479 g/mol. The van der Waals surface area contributed by atoms with Crippen molar-refractivity contribution in [1.29, 1.82) is 0 Å². The lowest BCUT2D eigenvalue weighted by molar-refractivity contribution is 0.0947. The highest BCUT2D eigenvalue weighted by Gasteiger charge is 2.23. The molecule has 8 nitrogen and oxygen atoms in total. The van der Waals surface area contributed by atoms with E-state index in [9.17, 15) is 14.4 Å². The van der Waals surface area contributed by atoms with Crippen molar-refractivity contribution in [2.45, 2.75) is 0 Å². The predicted molar refractivity (Wildman–Crippen MR) is 126 cm³/mol. The highest BCUT2D eigenvalue weighted by molar-refractivity contribution is 6.36. The number of benzene rings is 3. The Labute approximate surface area is 197 Å². The first-order valence-electron chi connectivity index (χ1n) is 9.62. The first kappa shape index (κ1) is 22.2. The van der Waals surface area contributed by atoms with E-state index in [0.29, 0.717) is 16.1 Å². The van der Waals surface area contributed by atoms with Crippen molar-refractivity contribution in [3.05, 3.63) is 110 Å². The normalized spacial score (nSPS) is 11.0. The van der Waals surface area contributed by atoms with E-state index < -0.39 is 17.4 Å². The van der Waals surface area contributed by atoms with E-state index in [0.717, 1.165) is 4.68 Å². The van der Waals surface area contributed by atoms with Crippen molar-refractivity contribution < 1.29 is 9.59 Å². The van der Waals surface area contributed by atoms with Crippen LogP contribution in [0.15, 0.2) is 93.9 Å². The number of aromatic nitrogens is 2. The van der Waals surface area contributed by atoms with Gasteiger partial charge in [0.05, 0.1) is 5.02 Å². The molecule has 3 aromatic carbocycles. The van der Waals surface area contributed by atoms with E-state index >= 15 is 0 Å². The molecule has 33 heavy (non-hydrogen) atoms. The van der Waals surface area contributed by atoms with Crippen LogP contribution in [-0.2, 0) is 0 Å². The first-order chi connectivity index (χ1) is 15.9. The van der Waals surface area contributed by atoms with Crippen LogP contribution in [0, 0.1) is 0 Å². The SMILES string of the molecule is O=C(Nc1c(N=Nc2ccc(Cl)cc2Cl)c(=O)[nH]n1C(=O)c1ccccc1)c1ccccc1. The highest BCUT2D eigenvalue weighted by Crippen LogP contribution is 2.30. The van der Waals surface area contributed by atoms with Crippen LogP contribution in [0.3, 0.4) is 0 Å². The topological polar surface area (TPSA) is 109 Å².